The van der Waals surface area contributed by atoms with Crippen molar-refractivity contribution in [3.63, 3.8) is 0 Å². The molecule has 0 radical (unpaired) electrons. The van der Waals surface area contributed by atoms with Crippen molar-refractivity contribution in [1.82, 2.24) is 15.2 Å². The average molecular weight is 276 g/mol. The van der Waals surface area contributed by atoms with E-state index in [9.17, 15) is 0 Å². The number of benzene rings is 2. The van der Waals surface area contributed by atoms with Gasteiger partial charge in [0.05, 0.1) is 0 Å². The van der Waals surface area contributed by atoms with Crippen LogP contribution in [-0.2, 0) is 6.42 Å². The van der Waals surface area contributed by atoms with E-state index < -0.39 is 0 Å². The minimum absolute atomic E-state index is 0.113. The summed E-state index contributed by atoms with van der Waals surface area (Å²) < 4.78 is 0. The summed E-state index contributed by atoms with van der Waals surface area (Å²) in [4.78, 5) is 4.24. The van der Waals surface area contributed by atoms with Crippen molar-refractivity contribution in [2.24, 2.45) is 0 Å². The van der Waals surface area contributed by atoms with Gasteiger partial charge in [0.25, 0.3) is 0 Å². The molecule has 3 N–H and O–H groups in total. The SMILES string of the molecule is CC(c1ncn[nH]1)c1ccc2c(c1N)Cc1ccccc1-2. The Morgan fingerprint density at radius 1 is 1.14 bits per heavy atom. The van der Waals surface area contributed by atoms with Gasteiger partial charge in [-0.2, -0.15) is 5.10 Å². The van der Waals surface area contributed by atoms with Crippen LogP contribution in [0.4, 0.5) is 5.69 Å². The maximum atomic E-state index is 6.46. The van der Waals surface area contributed by atoms with Crippen LogP contribution in [-0.4, -0.2) is 15.2 Å². The fourth-order valence-corrected chi connectivity index (χ4v) is 3.20. The van der Waals surface area contributed by atoms with Crippen LogP contribution in [0.2, 0.25) is 0 Å². The molecule has 1 aliphatic rings. The van der Waals surface area contributed by atoms with Crippen LogP contribution >= 0.6 is 0 Å². The molecule has 0 fully saturated rings. The van der Waals surface area contributed by atoms with Crippen LogP contribution < -0.4 is 5.73 Å². The topological polar surface area (TPSA) is 67.6 Å². The van der Waals surface area contributed by atoms with Crippen molar-refractivity contribution in [2.75, 3.05) is 5.73 Å². The zero-order chi connectivity index (χ0) is 14.4. The van der Waals surface area contributed by atoms with Crippen molar-refractivity contribution in [1.29, 1.82) is 0 Å². The van der Waals surface area contributed by atoms with E-state index in [0.717, 1.165) is 23.5 Å². The number of hydrogen-bond donors (Lipinski definition) is 2. The molecule has 0 aliphatic heterocycles. The number of H-pyrrole nitrogens is 1. The fraction of sp³-hybridized carbons (Fsp3) is 0.176. The summed E-state index contributed by atoms with van der Waals surface area (Å²) in [6.07, 6.45) is 2.44. The van der Waals surface area contributed by atoms with E-state index in [1.165, 1.54) is 28.6 Å². The maximum absolute atomic E-state index is 6.46. The van der Waals surface area contributed by atoms with Crippen LogP contribution in [0, 0.1) is 0 Å². The van der Waals surface area contributed by atoms with Crippen LogP contribution in [0.1, 0.15) is 35.4 Å². The number of fused-ring (bicyclic) bond motifs is 3. The molecule has 1 heterocycles. The van der Waals surface area contributed by atoms with Crippen molar-refractivity contribution < 1.29 is 0 Å². The highest BCUT2D eigenvalue weighted by molar-refractivity contribution is 5.82. The van der Waals surface area contributed by atoms with Crippen molar-refractivity contribution in [3.05, 3.63) is 65.2 Å². The van der Waals surface area contributed by atoms with Crippen molar-refractivity contribution in [3.8, 4) is 11.1 Å². The summed E-state index contributed by atoms with van der Waals surface area (Å²) in [5, 5.41) is 6.86. The van der Waals surface area contributed by atoms with Crippen LogP contribution in [0.3, 0.4) is 0 Å². The summed E-state index contributed by atoms with van der Waals surface area (Å²) in [7, 11) is 0. The summed E-state index contributed by atoms with van der Waals surface area (Å²) in [5.41, 5.74) is 13.6. The monoisotopic (exact) mass is 276 g/mol. The largest absolute Gasteiger partial charge is 0.398 e. The molecule has 1 unspecified atom stereocenters. The Kier molecular flexibility index (Phi) is 2.57. The molecular weight excluding hydrogens is 260 g/mol. The fourth-order valence-electron chi connectivity index (χ4n) is 3.20. The minimum atomic E-state index is 0.113. The highest BCUT2D eigenvalue weighted by Crippen LogP contribution is 2.42. The second kappa shape index (κ2) is 4.45. The third-order valence-electron chi connectivity index (χ3n) is 4.38. The standard InChI is InChI=1S/C17H16N4/c1-10(17-19-9-20-21-17)12-6-7-14-13-5-3-2-4-11(13)8-15(14)16(12)18/h2-7,9-10H,8,18H2,1H3,(H,19,20,21). The Balaban J connectivity index is 1.83. The Hall–Kier alpha value is -2.62. The second-order valence-corrected chi connectivity index (χ2v) is 5.52. The molecule has 21 heavy (non-hydrogen) atoms. The molecule has 1 aliphatic carbocycles. The van der Waals surface area contributed by atoms with E-state index in [0.29, 0.717) is 0 Å². The molecule has 4 rings (SSSR count). The molecule has 1 aromatic heterocycles. The maximum Gasteiger partial charge on any atom is 0.137 e. The highest BCUT2D eigenvalue weighted by Gasteiger charge is 2.24. The Bertz CT molecular complexity index is 806. The number of aromatic amines is 1. The molecule has 0 amide bonds. The lowest BCUT2D eigenvalue weighted by Crippen LogP contribution is -2.05. The molecule has 104 valence electrons. The minimum Gasteiger partial charge on any atom is -0.398 e. The number of anilines is 1. The molecule has 0 spiro atoms. The first-order valence-electron chi connectivity index (χ1n) is 7.10. The first-order chi connectivity index (χ1) is 10.3. The molecule has 1 atom stereocenters. The molecule has 4 nitrogen and oxygen atoms in total. The van der Waals surface area contributed by atoms with Crippen LogP contribution in [0.15, 0.2) is 42.7 Å². The smallest absolute Gasteiger partial charge is 0.137 e. The molecule has 0 saturated carbocycles. The van der Waals surface area contributed by atoms with E-state index in [1.54, 1.807) is 0 Å². The van der Waals surface area contributed by atoms with Gasteiger partial charge in [0.2, 0.25) is 0 Å². The second-order valence-electron chi connectivity index (χ2n) is 5.52. The van der Waals surface area contributed by atoms with Gasteiger partial charge in [-0.3, -0.25) is 5.10 Å². The summed E-state index contributed by atoms with van der Waals surface area (Å²) in [6.45, 7) is 2.10. The van der Waals surface area contributed by atoms with Gasteiger partial charge < -0.3 is 5.73 Å². The van der Waals surface area contributed by atoms with Crippen LogP contribution in [0.5, 0.6) is 0 Å². The third-order valence-corrected chi connectivity index (χ3v) is 4.38. The predicted octanol–water partition coefficient (Wildman–Crippen LogP) is 3.11. The van der Waals surface area contributed by atoms with Gasteiger partial charge in [-0.05, 0) is 27.8 Å². The van der Waals surface area contributed by atoms with E-state index in [1.807, 2.05) is 0 Å². The zero-order valence-corrected chi connectivity index (χ0v) is 11.8. The van der Waals surface area contributed by atoms with Gasteiger partial charge in [-0.25, -0.2) is 4.98 Å². The molecule has 2 aromatic carbocycles. The van der Waals surface area contributed by atoms with Gasteiger partial charge in [0.15, 0.2) is 0 Å². The number of nitrogen functional groups attached to an aromatic ring is 1. The van der Waals surface area contributed by atoms with E-state index in [4.69, 9.17) is 5.73 Å². The number of nitrogens with zero attached hydrogens (tertiary/aromatic N) is 2. The van der Waals surface area contributed by atoms with Gasteiger partial charge in [-0.15, -0.1) is 0 Å². The number of aromatic nitrogens is 3. The quantitative estimate of drug-likeness (QED) is 0.553. The average Bonchev–Trinajstić information content (AvgIpc) is 3.15. The first kappa shape index (κ1) is 12.1. The van der Waals surface area contributed by atoms with E-state index in [2.05, 4.69) is 58.5 Å². The van der Waals surface area contributed by atoms with Crippen molar-refractivity contribution in [2.45, 2.75) is 19.3 Å². The lowest BCUT2D eigenvalue weighted by molar-refractivity contribution is 0.824. The lowest BCUT2D eigenvalue weighted by Gasteiger charge is -2.15. The number of nitrogens with one attached hydrogen (secondary N) is 1. The van der Waals surface area contributed by atoms with E-state index in [-0.39, 0.29) is 5.92 Å². The van der Waals surface area contributed by atoms with Crippen LogP contribution in [0.25, 0.3) is 11.1 Å². The van der Waals surface area contributed by atoms with Gasteiger partial charge in [0, 0.05) is 18.0 Å². The first-order valence-corrected chi connectivity index (χ1v) is 7.10. The van der Waals surface area contributed by atoms with E-state index >= 15 is 0 Å². The molecule has 0 bridgehead atoms. The van der Waals surface area contributed by atoms with Crippen molar-refractivity contribution >= 4 is 5.69 Å². The normalized spacial score (nSPS) is 13.8. The highest BCUT2D eigenvalue weighted by atomic mass is 15.2. The zero-order valence-electron chi connectivity index (χ0n) is 11.8. The van der Waals surface area contributed by atoms with Gasteiger partial charge in [-0.1, -0.05) is 43.3 Å². The lowest BCUT2D eigenvalue weighted by atomic mass is 9.93. The van der Waals surface area contributed by atoms with Gasteiger partial charge >= 0.3 is 0 Å². The number of nitrogens with two attached hydrogens (primary N) is 1. The molecule has 4 heteroatoms. The Labute approximate surface area is 123 Å². The molecule has 0 saturated heterocycles. The summed E-state index contributed by atoms with van der Waals surface area (Å²) >= 11 is 0. The van der Waals surface area contributed by atoms with Gasteiger partial charge in [0.1, 0.15) is 12.2 Å². The Morgan fingerprint density at radius 2 is 2.00 bits per heavy atom. The number of rotatable bonds is 2. The summed E-state index contributed by atoms with van der Waals surface area (Å²) in [5.74, 6) is 0.957. The molecular formula is C17H16N4. The molecule has 3 aromatic rings. The summed E-state index contributed by atoms with van der Waals surface area (Å²) in [6, 6.07) is 12.8. The third kappa shape index (κ3) is 1.76. The Morgan fingerprint density at radius 3 is 2.81 bits per heavy atom. The number of hydrogen-bond acceptors (Lipinski definition) is 3. The predicted molar refractivity (Wildman–Crippen MR) is 83.0 cm³/mol.